The SMILES string of the molecule is CCc1cc(Oc2cc(C(=O)OC)c(N)cn2)ccc1Cl. The fourth-order valence-corrected chi connectivity index (χ4v) is 2.05. The molecule has 0 unspecified atom stereocenters. The first-order valence-electron chi connectivity index (χ1n) is 6.35. The van der Waals surface area contributed by atoms with Crippen LogP contribution in [0.15, 0.2) is 30.5 Å². The molecule has 1 aromatic heterocycles. The van der Waals surface area contributed by atoms with Gasteiger partial charge in [-0.25, -0.2) is 9.78 Å². The van der Waals surface area contributed by atoms with Crippen LogP contribution in [0.2, 0.25) is 5.02 Å². The Bertz CT molecular complexity index is 674. The molecule has 110 valence electrons. The molecule has 6 heteroatoms. The van der Waals surface area contributed by atoms with Crippen LogP contribution in [0, 0.1) is 0 Å². The van der Waals surface area contributed by atoms with E-state index in [1.54, 1.807) is 12.1 Å². The van der Waals surface area contributed by atoms with Crippen LogP contribution < -0.4 is 10.5 Å². The van der Waals surface area contributed by atoms with E-state index in [0.717, 1.165) is 12.0 Å². The lowest BCUT2D eigenvalue weighted by Crippen LogP contribution is -2.06. The number of esters is 1. The Morgan fingerprint density at radius 2 is 2.14 bits per heavy atom. The first-order valence-corrected chi connectivity index (χ1v) is 6.73. The number of rotatable bonds is 4. The van der Waals surface area contributed by atoms with Crippen LogP contribution in [-0.2, 0) is 11.2 Å². The highest BCUT2D eigenvalue weighted by atomic mass is 35.5. The van der Waals surface area contributed by atoms with Gasteiger partial charge in [-0.15, -0.1) is 0 Å². The molecule has 0 aliphatic carbocycles. The Kier molecular flexibility index (Phi) is 4.65. The Morgan fingerprint density at radius 3 is 2.81 bits per heavy atom. The van der Waals surface area contributed by atoms with E-state index in [2.05, 4.69) is 9.72 Å². The number of benzene rings is 1. The summed E-state index contributed by atoms with van der Waals surface area (Å²) < 4.78 is 10.3. The summed E-state index contributed by atoms with van der Waals surface area (Å²) in [4.78, 5) is 15.6. The minimum atomic E-state index is -0.537. The van der Waals surface area contributed by atoms with Crippen molar-refractivity contribution in [1.29, 1.82) is 0 Å². The zero-order valence-electron chi connectivity index (χ0n) is 11.7. The molecule has 1 aromatic carbocycles. The number of aryl methyl sites for hydroxylation is 1. The topological polar surface area (TPSA) is 74.4 Å². The highest BCUT2D eigenvalue weighted by Gasteiger charge is 2.13. The Labute approximate surface area is 127 Å². The molecule has 2 aromatic rings. The highest BCUT2D eigenvalue weighted by Crippen LogP contribution is 2.27. The number of methoxy groups -OCH3 is 1. The zero-order valence-corrected chi connectivity index (χ0v) is 12.5. The van der Waals surface area contributed by atoms with E-state index in [1.165, 1.54) is 19.4 Å². The number of hydrogen-bond donors (Lipinski definition) is 1. The predicted molar refractivity (Wildman–Crippen MR) is 80.9 cm³/mol. The van der Waals surface area contributed by atoms with Gasteiger partial charge in [0.05, 0.1) is 24.6 Å². The largest absolute Gasteiger partial charge is 0.465 e. The molecule has 0 saturated heterocycles. The normalized spacial score (nSPS) is 10.2. The summed E-state index contributed by atoms with van der Waals surface area (Å²) in [5.41, 5.74) is 7.11. The van der Waals surface area contributed by atoms with Crippen LogP contribution in [0.4, 0.5) is 5.69 Å². The molecule has 0 bridgehead atoms. The number of halogens is 1. The van der Waals surface area contributed by atoms with E-state index in [0.29, 0.717) is 10.8 Å². The van der Waals surface area contributed by atoms with E-state index in [1.807, 2.05) is 13.0 Å². The maximum atomic E-state index is 11.6. The predicted octanol–water partition coefficient (Wildman–Crippen LogP) is 3.46. The van der Waals surface area contributed by atoms with Gasteiger partial charge in [0.25, 0.3) is 0 Å². The van der Waals surface area contributed by atoms with Crippen molar-refractivity contribution in [1.82, 2.24) is 4.98 Å². The van der Waals surface area contributed by atoms with Crippen LogP contribution in [0.25, 0.3) is 0 Å². The van der Waals surface area contributed by atoms with Gasteiger partial charge in [0, 0.05) is 11.1 Å². The first kappa shape index (κ1) is 15.1. The second-order valence-electron chi connectivity index (χ2n) is 4.31. The average Bonchev–Trinajstić information content (AvgIpc) is 2.50. The Balaban J connectivity index is 2.29. The number of nitrogens with two attached hydrogens (primary N) is 1. The van der Waals surface area contributed by atoms with Gasteiger partial charge >= 0.3 is 5.97 Å². The molecular weight excluding hydrogens is 292 g/mol. The lowest BCUT2D eigenvalue weighted by atomic mass is 10.1. The fraction of sp³-hybridized carbons (Fsp3) is 0.200. The van der Waals surface area contributed by atoms with Crippen molar-refractivity contribution in [3.8, 4) is 11.6 Å². The molecule has 0 fully saturated rings. The minimum absolute atomic E-state index is 0.215. The quantitative estimate of drug-likeness (QED) is 0.876. The molecule has 0 aliphatic rings. The molecule has 1 heterocycles. The third-order valence-corrected chi connectivity index (χ3v) is 3.30. The maximum Gasteiger partial charge on any atom is 0.340 e. The van der Waals surface area contributed by atoms with E-state index < -0.39 is 5.97 Å². The van der Waals surface area contributed by atoms with Crippen molar-refractivity contribution in [2.24, 2.45) is 0 Å². The van der Waals surface area contributed by atoms with Crippen molar-refractivity contribution >= 4 is 23.3 Å². The van der Waals surface area contributed by atoms with Crippen LogP contribution in [-0.4, -0.2) is 18.1 Å². The summed E-state index contributed by atoms with van der Waals surface area (Å²) >= 11 is 6.06. The molecule has 0 atom stereocenters. The molecular formula is C15H15ClN2O3. The first-order chi connectivity index (χ1) is 10.0. The second-order valence-corrected chi connectivity index (χ2v) is 4.72. The summed E-state index contributed by atoms with van der Waals surface area (Å²) in [5, 5.41) is 0.686. The number of hydrogen-bond acceptors (Lipinski definition) is 5. The van der Waals surface area contributed by atoms with Gasteiger partial charge in [0.1, 0.15) is 5.75 Å². The third-order valence-electron chi connectivity index (χ3n) is 2.94. The zero-order chi connectivity index (χ0) is 15.4. The van der Waals surface area contributed by atoms with Crippen molar-refractivity contribution in [2.45, 2.75) is 13.3 Å². The van der Waals surface area contributed by atoms with Crippen molar-refractivity contribution in [2.75, 3.05) is 12.8 Å². The van der Waals surface area contributed by atoms with E-state index >= 15 is 0 Å². The summed E-state index contributed by atoms with van der Waals surface area (Å²) in [6.07, 6.45) is 2.15. The van der Waals surface area contributed by atoms with Gasteiger partial charge in [-0.1, -0.05) is 18.5 Å². The highest BCUT2D eigenvalue weighted by molar-refractivity contribution is 6.31. The third kappa shape index (κ3) is 3.44. The van der Waals surface area contributed by atoms with Crippen molar-refractivity contribution in [3.63, 3.8) is 0 Å². The van der Waals surface area contributed by atoms with E-state index in [-0.39, 0.29) is 17.1 Å². The number of anilines is 1. The van der Waals surface area contributed by atoms with E-state index in [4.69, 9.17) is 22.1 Å². The molecule has 21 heavy (non-hydrogen) atoms. The fourth-order valence-electron chi connectivity index (χ4n) is 1.80. The Hall–Kier alpha value is -2.27. The van der Waals surface area contributed by atoms with Crippen LogP contribution in [0.3, 0.4) is 0 Å². The van der Waals surface area contributed by atoms with Crippen molar-refractivity contribution < 1.29 is 14.3 Å². The van der Waals surface area contributed by atoms with Crippen LogP contribution >= 0.6 is 11.6 Å². The summed E-state index contributed by atoms with van der Waals surface area (Å²) in [5.74, 6) is 0.309. The van der Waals surface area contributed by atoms with Gasteiger partial charge < -0.3 is 15.2 Å². The van der Waals surface area contributed by atoms with Gasteiger partial charge in [-0.05, 0) is 30.2 Å². The number of ether oxygens (including phenoxy) is 2. The van der Waals surface area contributed by atoms with Gasteiger partial charge in [-0.3, -0.25) is 0 Å². The van der Waals surface area contributed by atoms with Gasteiger partial charge in [0.15, 0.2) is 0 Å². The second kappa shape index (κ2) is 6.45. The van der Waals surface area contributed by atoms with Gasteiger partial charge in [-0.2, -0.15) is 0 Å². The number of carbonyl (C=O) groups is 1. The number of nitrogens with zero attached hydrogens (tertiary/aromatic N) is 1. The molecule has 0 amide bonds. The molecule has 2 rings (SSSR count). The molecule has 0 radical (unpaired) electrons. The number of pyridine rings is 1. The molecule has 0 saturated carbocycles. The number of nitrogen functional groups attached to an aromatic ring is 1. The molecule has 0 aliphatic heterocycles. The average molecular weight is 307 g/mol. The summed E-state index contributed by atoms with van der Waals surface area (Å²) in [6, 6.07) is 6.77. The summed E-state index contributed by atoms with van der Waals surface area (Å²) in [6.45, 7) is 2.00. The van der Waals surface area contributed by atoms with Crippen LogP contribution in [0.1, 0.15) is 22.8 Å². The minimum Gasteiger partial charge on any atom is -0.465 e. The molecule has 5 nitrogen and oxygen atoms in total. The lowest BCUT2D eigenvalue weighted by Gasteiger charge is -2.09. The monoisotopic (exact) mass is 306 g/mol. The molecule has 2 N–H and O–H groups in total. The maximum absolute atomic E-state index is 11.6. The Morgan fingerprint density at radius 1 is 1.38 bits per heavy atom. The van der Waals surface area contributed by atoms with Crippen molar-refractivity contribution in [3.05, 3.63) is 46.6 Å². The van der Waals surface area contributed by atoms with E-state index in [9.17, 15) is 4.79 Å². The van der Waals surface area contributed by atoms with Gasteiger partial charge in [0.2, 0.25) is 5.88 Å². The number of carbonyl (C=O) groups excluding carboxylic acids is 1. The standard InChI is InChI=1S/C15H15ClN2O3/c1-3-9-6-10(4-5-12(9)16)21-14-7-11(15(19)20-2)13(17)8-18-14/h4-8H,3,17H2,1-2H3. The van der Waals surface area contributed by atoms with Crippen LogP contribution in [0.5, 0.6) is 11.6 Å². The smallest absolute Gasteiger partial charge is 0.340 e. The summed E-state index contributed by atoms with van der Waals surface area (Å²) in [7, 11) is 1.29. The molecule has 0 spiro atoms. The lowest BCUT2D eigenvalue weighted by molar-refractivity contribution is 0.0601. The number of aromatic nitrogens is 1.